The van der Waals surface area contributed by atoms with E-state index in [0.717, 1.165) is 31.4 Å². The third-order valence-corrected chi connectivity index (χ3v) is 3.38. The van der Waals surface area contributed by atoms with Gasteiger partial charge in [0.25, 0.3) is 0 Å². The van der Waals surface area contributed by atoms with Crippen molar-refractivity contribution in [1.82, 2.24) is 5.32 Å². The molecule has 0 aliphatic carbocycles. The van der Waals surface area contributed by atoms with E-state index in [1.54, 1.807) is 0 Å². The van der Waals surface area contributed by atoms with Gasteiger partial charge in [0.2, 0.25) is 5.91 Å². The number of carbonyl (C=O) groups is 1. The fraction of sp³-hybridized carbons (Fsp3) is 0.562. The van der Waals surface area contributed by atoms with Gasteiger partial charge in [-0.05, 0) is 30.9 Å². The van der Waals surface area contributed by atoms with Gasteiger partial charge in [0.1, 0.15) is 0 Å². The van der Waals surface area contributed by atoms with E-state index < -0.39 is 0 Å². The Balaban J connectivity index is 2.23. The van der Waals surface area contributed by atoms with E-state index in [9.17, 15) is 4.79 Å². The minimum Gasteiger partial charge on any atom is -0.352 e. The second-order valence-corrected chi connectivity index (χ2v) is 5.03. The molecular formula is C16H26N2O. The van der Waals surface area contributed by atoms with Crippen molar-refractivity contribution in [2.45, 2.75) is 45.6 Å². The number of benzene rings is 1. The van der Waals surface area contributed by atoms with Crippen LogP contribution in [0.25, 0.3) is 0 Å². The van der Waals surface area contributed by atoms with Crippen LogP contribution in [0.4, 0.5) is 0 Å². The first-order chi connectivity index (χ1) is 9.26. The van der Waals surface area contributed by atoms with Crippen molar-refractivity contribution in [2.24, 2.45) is 11.7 Å². The molecule has 0 aliphatic rings. The summed E-state index contributed by atoms with van der Waals surface area (Å²) in [5.74, 6) is 0.736. The largest absolute Gasteiger partial charge is 0.352 e. The van der Waals surface area contributed by atoms with Crippen molar-refractivity contribution < 1.29 is 4.79 Å². The van der Waals surface area contributed by atoms with Gasteiger partial charge < -0.3 is 11.1 Å². The van der Waals surface area contributed by atoms with Gasteiger partial charge in [0.05, 0.1) is 0 Å². The van der Waals surface area contributed by atoms with Crippen LogP contribution in [0.5, 0.6) is 0 Å². The molecule has 0 spiro atoms. The maximum absolute atomic E-state index is 11.8. The molecule has 1 amide bonds. The number of hydrogen-bond donors (Lipinski definition) is 2. The first kappa shape index (κ1) is 15.7. The van der Waals surface area contributed by atoms with Crippen LogP contribution >= 0.6 is 0 Å². The van der Waals surface area contributed by atoms with E-state index in [1.807, 2.05) is 30.3 Å². The predicted molar refractivity (Wildman–Crippen MR) is 79.6 cm³/mol. The van der Waals surface area contributed by atoms with Crippen LogP contribution in [-0.2, 0) is 11.3 Å². The lowest BCUT2D eigenvalue weighted by atomic mass is 9.94. The molecule has 0 aromatic heterocycles. The summed E-state index contributed by atoms with van der Waals surface area (Å²) in [7, 11) is 0. The molecule has 19 heavy (non-hydrogen) atoms. The van der Waals surface area contributed by atoms with Crippen molar-refractivity contribution in [3.05, 3.63) is 35.9 Å². The average Bonchev–Trinajstić information content (AvgIpc) is 2.44. The topological polar surface area (TPSA) is 55.1 Å². The SMILES string of the molecule is CCCC(CCN)CCC(=O)NCc1ccccc1. The molecule has 1 rings (SSSR count). The quantitative estimate of drug-likeness (QED) is 0.719. The lowest BCUT2D eigenvalue weighted by Crippen LogP contribution is -2.23. The first-order valence-electron chi connectivity index (χ1n) is 7.27. The summed E-state index contributed by atoms with van der Waals surface area (Å²) >= 11 is 0. The highest BCUT2D eigenvalue weighted by molar-refractivity contribution is 5.75. The number of amides is 1. The summed E-state index contributed by atoms with van der Waals surface area (Å²) in [5.41, 5.74) is 6.74. The minimum atomic E-state index is 0.141. The van der Waals surface area contributed by atoms with Gasteiger partial charge in [-0.25, -0.2) is 0 Å². The zero-order chi connectivity index (χ0) is 13.9. The lowest BCUT2D eigenvalue weighted by molar-refractivity contribution is -0.121. The van der Waals surface area contributed by atoms with Crippen LogP contribution in [0.1, 0.15) is 44.6 Å². The van der Waals surface area contributed by atoms with Crippen LogP contribution in [0.2, 0.25) is 0 Å². The molecule has 1 aromatic rings. The fourth-order valence-electron chi connectivity index (χ4n) is 2.30. The molecule has 1 atom stereocenters. The lowest BCUT2D eigenvalue weighted by Gasteiger charge is -2.14. The zero-order valence-corrected chi connectivity index (χ0v) is 11.9. The van der Waals surface area contributed by atoms with Crippen LogP contribution in [0.3, 0.4) is 0 Å². The molecule has 106 valence electrons. The van der Waals surface area contributed by atoms with Crippen LogP contribution in [-0.4, -0.2) is 12.5 Å². The third kappa shape index (κ3) is 6.97. The Labute approximate surface area is 116 Å². The van der Waals surface area contributed by atoms with Crippen molar-refractivity contribution in [3.8, 4) is 0 Å². The van der Waals surface area contributed by atoms with E-state index in [1.165, 1.54) is 6.42 Å². The summed E-state index contributed by atoms with van der Waals surface area (Å²) in [6.07, 6.45) is 4.92. The maximum atomic E-state index is 11.8. The molecule has 3 N–H and O–H groups in total. The molecule has 0 heterocycles. The summed E-state index contributed by atoms with van der Waals surface area (Å²) in [5, 5.41) is 2.97. The van der Waals surface area contributed by atoms with E-state index in [4.69, 9.17) is 5.73 Å². The molecule has 3 heteroatoms. The second kappa shape index (κ2) is 9.56. The van der Waals surface area contributed by atoms with E-state index in [-0.39, 0.29) is 5.91 Å². The number of nitrogens with one attached hydrogen (secondary N) is 1. The molecule has 1 aromatic carbocycles. The maximum Gasteiger partial charge on any atom is 0.220 e. The predicted octanol–water partition coefficient (Wildman–Crippen LogP) is 2.85. The molecule has 0 radical (unpaired) electrons. The molecule has 3 nitrogen and oxygen atoms in total. The molecule has 0 aliphatic heterocycles. The Morgan fingerprint density at radius 3 is 2.58 bits per heavy atom. The monoisotopic (exact) mass is 262 g/mol. The normalized spacial score (nSPS) is 12.1. The summed E-state index contributed by atoms with van der Waals surface area (Å²) in [4.78, 5) is 11.8. The van der Waals surface area contributed by atoms with Crippen LogP contribution in [0, 0.1) is 5.92 Å². The Bertz CT molecular complexity index is 345. The zero-order valence-electron chi connectivity index (χ0n) is 11.9. The molecule has 0 saturated heterocycles. The Kier molecular flexibility index (Phi) is 7.91. The Morgan fingerprint density at radius 1 is 1.21 bits per heavy atom. The van der Waals surface area contributed by atoms with Crippen molar-refractivity contribution in [1.29, 1.82) is 0 Å². The van der Waals surface area contributed by atoms with Gasteiger partial charge >= 0.3 is 0 Å². The minimum absolute atomic E-state index is 0.141. The van der Waals surface area contributed by atoms with Gasteiger partial charge in [0.15, 0.2) is 0 Å². The van der Waals surface area contributed by atoms with Gasteiger partial charge in [-0.1, -0.05) is 50.1 Å². The standard InChI is InChI=1S/C16H26N2O/c1-2-6-14(11-12-17)9-10-16(19)18-13-15-7-4-3-5-8-15/h3-5,7-8,14H,2,6,9-13,17H2,1H3,(H,18,19). The van der Waals surface area contributed by atoms with Gasteiger partial charge in [-0.3, -0.25) is 4.79 Å². The first-order valence-corrected chi connectivity index (χ1v) is 7.27. The molecule has 1 unspecified atom stereocenters. The Hall–Kier alpha value is -1.35. The summed E-state index contributed by atoms with van der Waals surface area (Å²) < 4.78 is 0. The highest BCUT2D eigenvalue weighted by atomic mass is 16.1. The molecule has 0 bridgehead atoms. The molecular weight excluding hydrogens is 236 g/mol. The number of nitrogens with two attached hydrogens (primary N) is 1. The van der Waals surface area contributed by atoms with Gasteiger partial charge in [-0.2, -0.15) is 0 Å². The van der Waals surface area contributed by atoms with Gasteiger partial charge in [-0.15, -0.1) is 0 Å². The summed E-state index contributed by atoms with van der Waals surface area (Å²) in [6, 6.07) is 10.00. The van der Waals surface area contributed by atoms with Crippen LogP contribution in [0.15, 0.2) is 30.3 Å². The second-order valence-electron chi connectivity index (χ2n) is 5.03. The number of carbonyl (C=O) groups excluding carboxylic acids is 1. The molecule has 0 fully saturated rings. The Morgan fingerprint density at radius 2 is 1.95 bits per heavy atom. The van der Waals surface area contributed by atoms with Crippen LogP contribution < -0.4 is 11.1 Å². The number of hydrogen-bond acceptors (Lipinski definition) is 2. The van der Waals surface area contributed by atoms with Crippen molar-refractivity contribution >= 4 is 5.91 Å². The van der Waals surface area contributed by atoms with Crippen molar-refractivity contribution in [2.75, 3.05) is 6.54 Å². The highest BCUT2D eigenvalue weighted by Gasteiger charge is 2.09. The van der Waals surface area contributed by atoms with E-state index in [2.05, 4.69) is 12.2 Å². The fourth-order valence-corrected chi connectivity index (χ4v) is 2.30. The van der Waals surface area contributed by atoms with Gasteiger partial charge in [0, 0.05) is 13.0 Å². The van der Waals surface area contributed by atoms with E-state index >= 15 is 0 Å². The van der Waals surface area contributed by atoms with Crippen molar-refractivity contribution in [3.63, 3.8) is 0 Å². The summed E-state index contributed by atoms with van der Waals surface area (Å²) in [6.45, 7) is 3.52. The third-order valence-electron chi connectivity index (χ3n) is 3.38. The highest BCUT2D eigenvalue weighted by Crippen LogP contribution is 2.16. The number of rotatable bonds is 9. The smallest absolute Gasteiger partial charge is 0.220 e. The van der Waals surface area contributed by atoms with E-state index in [0.29, 0.717) is 18.9 Å². The molecule has 0 saturated carbocycles. The average molecular weight is 262 g/mol.